The number of nitrogens with one attached hydrogen (secondary N) is 1. The van der Waals surface area contributed by atoms with Crippen molar-refractivity contribution in [1.29, 1.82) is 0 Å². The highest BCUT2D eigenvalue weighted by Crippen LogP contribution is 2.47. The van der Waals surface area contributed by atoms with Crippen LogP contribution in [0.4, 0.5) is 0 Å². The molecule has 0 radical (unpaired) electrons. The Bertz CT molecular complexity index is 171. The van der Waals surface area contributed by atoms with Gasteiger partial charge in [-0.15, -0.1) is 0 Å². The second-order valence-corrected chi connectivity index (χ2v) is 5.25. The second kappa shape index (κ2) is 4.63. The van der Waals surface area contributed by atoms with Gasteiger partial charge in [-0.05, 0) is 50.0 Å². The normalized spacial score (nSPS) is 25.5. The molecule has 2 heteroatoms. The number of hydrogen-bond acceptors (Lipinski definition) is 2. The summed E-state index contributed by atoms with van der Waals surface area (Å²) in [5.74, 6) is 0.944. The zero-order valence-electron chi connectivity index (χ0n) is 9.10. The maximum absolute atomic E-state index is 8.92. The quantitative estimate of drug-likeness (QED) is 0.682. The molecule has 14 heavy (non-hydrogen) atoms. The SMILES string of the molecule is OCCC1(CNCC2CCCC2)CC1. The van der Waals surface area contributed by atoms with Crippen molar-refractivity contribution >= 4 is 0 Å². The van der Waals surface area contributed by atoms with Gasteiger partial charge in [-0.3, -0.25) is 0 Å². The molecule has 2 aliphatic rings. The molecule has 82 valence electrons. The number of hydrogen-bond donors (Lipinski definition) is 2. The number of aliphatic hydroxyl groups is 1. The van der Waals surface area contributed by atoms with Gasteiger partial charge in [0.05, 0.1) is 0 Å². The van der Waals surface area contributed by atoms with E-state index in [0.717, 1.165) is 18.9 Å². The fourth-order valence-corrected chi connectivity index (χ4v) is 2.69. The zero-order valence-corrected chi connectivity index (χ0v) is 9.10. The molecular weight excluding hydrogens is 174 g/mol. The third kappa shape index (κ3) is 2.71. The predicted octanol–water partition coefficient (Wildman–Crippen LogP) is 1.93. The van der Waals surface area contributed by atoms with Crippen molar-refractivity contribution in [3.05, 3.63) is 0 Å². The molecule has 0 aliphatic heterocycles. The Balaban J connectivity index is 1.58. The van der Waals surface area contributed by atoms with Crippen LogP contribution < -0.4 is 5.32 Å². The monoisotopic (exact) mass is 197 g/mol. The van der Waals surface area contributed by atoms with Crippen LogP contribution >= 0.6 is 0 Å². The lowest BCUT2D eigenvalue weighted by Crippen LogP contribution is -2.28. The van der Waals surface area contributed by atoms with Crippen molar-refractivity contribution < 1.29 is 5.11 Å². The molecule has 0 unspecified atom stereocenters. The Morgan fingerprint density at radius 2 is 1.93 bits per heavy atom. The topological polar surface area (TPSA) is 32.3 Å². The largest absolute Gasteiger partial charge is 0.396 e. The van der Waals surface area contributed by atoms with Crippen LogP contribution in [-0.4, -0.2) is 24.8 Å². The molecule has 2 aliphatic carbocycles. The van der Waals surface area contributed by atoms with E-state index in [4.69, 9.17) is 5.11 Å². The van der Waals surface area contributed by atoms with Crippen LogP contribution in [0.2, 0.25) is 0 Å². The Kier molecular flexibility index (Phi) is 3.45. The van der Waals surface area contributed by atoms with E-state index in [1.165, 1.54) is 45.1 Å². The van der Waals surface area contributed by atoms with Crippen molar-refractivity contribution in [3.63, 3.8) is 0 Å². The lowest BCUT2D eigenvalue weighted by atomic mass is 10.0. The van der Waals surface area contributed by atoms with E-state index in [1.54, 1.807) is 0 Å². The zero-order chi connectivity index (χ0) is 9.86. The Morgan fingerprint density at radius 1 is 1.21 bits per heavy atom. The Morgan fingerprint density at radius 3 is 2.50 bits per heavy atom. The minimum Gasteiger partial charge on any atom is -0.396 e. The fraction of sp³-hybridized carbons (Fsp3) is 1.00. The molecule has 0 amide bonds. The van der Waals surface area contributed by atoms with E-state index in [-0.39, 0.29) is 0 Å². The first-order chi connectivity index (χ1) is 6.85. The van der Waals surface area contributed by atoms with Gasteiger partial charge in [0.25, 0.3) is 0 Å². The smallest absolute Gasteiger partial charge is 0.0436 e. The van der Waals surface area contributed by atoms with Gasteiger partial charge in [0.2, 0.25) is 0 Å². The minimum atomic E-state index is 0.366. The molecule has 0 aromatic rings. The van der Waals surface area contributed by atoms with Crippen LogP contribution in [0.3, 0.4) is 0 Å². The van der Waals surface area contributed by atoms with Crippen molar-refractivity contribution in [3.8, 4) is 0 Å². The van der Waals surface area contributed by atoms with Crippen LogP contribution in [0, 0.1) is 11.3 Å². The highest BCUT2D eigenvalue weighted by Gasteiger charge is 2.41. The average molecular weight is 197 g/mol. The van der Waals surface area contributed by atoms with Crippen molar-refractivity contribution in [2.75, 3.05) is 19.7 Å². The van der Waals surface area contributed by atoms with Crippen LogP contribution in [0.5, 0.6) is 0 Å². The summed E-state index contributed by atoms with van der Waals surface area (Å²) in [6, 6.07) is 0. The summed E-state index contributed by atoms with van der Waals surface area (Å²) in [6.45, 7) is 2.72. The molecule has 0 atom stereocenters. The first kappa shape index (κ1) is 10.4. The van der Waals surface area contributed by atoms with Gasteiger partial charge < -0.3 is 10.4 Å². The second-order valence-electron chi connectivity index (χ2n) is 5.25. The lowest BCUT2D eigenvalue weighted by molar-refractivity contribution is 0.244. The van der Waals surface area contributed by atoms with Crippen LogP contribution in [-0.2, 0) is 0 Å². The Labute approximate surface area is 87.1 Å². The highest BCUT2D eigenvalue weighted by molar-refractivity contribution is 4.94. The standard InChI is InChI=1S/C12H23NO/c14-8-7-12(5-6-12)10-13-9-11-3-1-2-4-11/h11,13-14H,1-10H2. The van der Waals surface area contributed by atoms with E-state index in [0.29, 0.717) is 12.0 Å². The van der Waals surface area contributed by atoms with Crippen LogP contribution in [0.1, 0.15) is 44.9 Å². The summed E-state index contributed by atoms with van der Waals surface area (Å²) >= 11 is 0. The van der Waals surface area contributed by atoms with Crippen molar-refractivity contribution in [2.24, 2.45) is 11.3 Å². The maximum atomic E-state index is 8.92. The summed E-state index contributed by atoms with van der Waals surface area (Å²) in [6.07, 6.45) is 9.39. The molecule has 2 fully saturated rings. The van der Waals surface area contributed by atoms with E-state index >= 15 is 0 Å². The van der Waals surface area contributed by atoms with E-state index in [1.807, 2.05) is 0 Å². The van der Waals surface area contributed by atoms with E-state index in [2.05, 4.69) is 5.32 Å². The van der Waals surface area contributed by atoms with E-state index < -0.39 is 0 Å². The molecule has 0 spiro atoms. The van der Waals surface area contributed by atoms with Gasteiger partial charge in [0.1, 0.15) is 0 Å². The Hall–Kier alpha value is -0.0800. The molecule has 0 aromatic heterocycles. The van der Waals surface area contributed by atoms with Gasteiger partial charge in [-0.25, -0.2) is 0 Å². The molecule has 0 bridgehead atoms. The third-order valence-electron chi connectivity index (χ3n) is 4.01. The third-order valence-corrected chi connectivity index (χ3v) is 4.01. The molecule has 0 saturated heterocycles. The number of rotatable bonds is 6. The molecular formula is C12H23NO. The summed E-state index contributed by atoms with van der Waals surface area (Å²) in [5.41, 5.74) is 0.493. The number of aliphatic hydroxyl groups excluding tert-OH is 1. The molecule has 2 rings (SSSR count). The van der Waals surface area contributed by atoms with Gasteiger partial charge >= 0.3 is 0 Å². The van der Waals surface area contributed by atoms with Crippen molar-refractivity contribution in [1.82, 2.24) is 5.32 Å². The van der Waals surface area contributed by atoms with Gasteiger partial charge in [0.15, 0.2) is 0 Å². The molecule has 2 nitrogen and oxygen atoms in total. The molecule has 2 saturated carbocycles. The molecule has 2 N–H and O–H groups in total. The van der Waals surface area contributed by atoms with Crippen LogP contribution in [0.15, 0.2) is 0 Å². The summed E-state index contributed by atoms with van der Waals surface area (Å²) in [7, 11) is 0. The van der Waals surface area contributed by atoms with Gasteiger partial charge in [-0.2, -0.15) is 0 Å². The fourth-order valence-electron chi connectivity index (χ4n) is 2.69. The summed E-state index contributed by atoms with van der Waals surface area (Å²) < 4.78 is 0. The highest BCUT2D eigenvalue weighted by atomic mass is 16.3. The molecule has 0 aromatic carbocycles. The maximum Gasteiger partial charge on any atom is 0.0436 e. The summed E-state index contributed by atoms with van der Waals surface area (Å²) in [5, 5.41) is 12.5. The molecule has 0 heterocycles. The average Bonchev–Trinajstić information content (AvgIpc) is 2.75. The summed E-state index contributed by atoms with van der Waals surface area (Å²) in [4.78, 5) is 0. The van der Waals surface area contributed by atoms with E-state index in [9.17, 15) is 0 Å². The minimum absolute atomic E-state index is 0.366. The van der Waals surface area contributed by atoms with Gasteiger partial charge in [-0.1, -0.05) is 12.8 Å². The lowest BCUT2D eigenvalue weighted by Gasteiger charge is -2.16. The first-order valence-electron chi connectivity index (χ1n) is 6.16. The first-order valence-corrected chi connectivity index (χ1v) is 6.16. The van der Waals surface area contributed by atoms with Gasteiger partial charge in [0, 0.05) is 13.2 Å². The van der Waals surface area contributed by atoms with Crippen LogP contribution in [0.25, 0.3) is 0 Å². The van der Waals surface area contributed by atoms with Crippen molar-refractivity contribution in [2.45, 2.75) is 44.9 Å². The predicted molar refractivity (Wildman–Crippen MR) is 58.2 cm³/mol.